The Balaban J connectivity index is 2.54. The Morgan fingerprint density at radius 1 is 1.48 bits per heavy atom. The lowest BCUT2D eigenvalue weighted by atomic mass is 10.0. The maximum atomic E-state index is 13.3. The summed E-state index contributed by atoms with van der Waals surface area (Å²) in [7, 11) is 0. The predicted octanol–water partition coefficient (Wildman–Crippen LogP) is 1.95. The van der Waals surface area contributed by atoms with E-state index in [9.17, 15) is 29.6 Å². The van der Waals surface area contributed by atoms with Gasteiger partial charge in [0.1, 0.15) is 6.07 Å². The normalized spacial score (nSPS) is 21.4. The maximum Gasteiger partial charge on any atom is 0.320 e. The van der Waals surface area contributed by atoms with Gasteiger partial charge >= 0.3 is 5.70 Å². The van der Waals surface area contributed by atoms with Crippen LogP contribution in [0.4, 0.5) is 4.39 Å². The third-order valence-corrected chi connectivity index (χ3v) is 2.89. The van der Waals surface area contributed by atoms with E-state index in [1.54, 1.807) is 6.07 Å². The fourth-order valence-corrected chi connectivity index (χ4v) is 1.85. The lowest BCUT2D eigenvalue weighted by Gasteiger charge is -2.18. The smallest absolute Gasteiger partial charge is 0.320 e. The number of aliphatic hydroxyl groups is 1. The zero-order valence-electron chi connectivity index (χ0n) is 11.3. The Morgan fingerprint density at radius 2 is 2.17 bits per heavy atom. The number of hydroxylamine groups is 2. The van der Waals surface area contributed by atoms with Gasteiger partial charge in [0.2, 0.25) is 5.95 Å². The van der Waals surface area contributed by atoms with Crippen LogP contribution in [0.15, 0.2) is 70.7 Å². The molecule has 0 fully saturated rings. The molecular weight excluding hydrogens is 309 g/mol. The first-order chi connectivity index (χ1) is 10.8. The molecule has 0 unspecified atom stereocenters. The minimum Gasteiger partial charge on any atom is -0.504 e. The Kier molecular flexibility index (Phi) is 4.20. The van der Waals surface area contributed by atoms with E-state index in [4.69, 9.17) is 5.26 Å². The topological polar surface area (TPSA) is 128 Å². The number of Topliss-reactive ketones (excluding diaryl/α,β-unsaturated/α-hetero) is 1. The standard InChI is InChI=1S/C14H8FN3O5/c15-13-3-1-2-10(17(13)21)9(7-16)4-8-5-11(18(22)23)14(20)12(19)6-8/h1-6,19,21H/b8-4-,10-9+. The van der Waals surface area contributed by atoms with Crippen LogP contribution in [-0.2, 0) is 4.79 Å². The van der Waals surface area contributed by atoms with Crippen LogP contribution in [0.3, 0.4) is 0 Å². The number of carbonyl (C=O) groups excluding carboxylic acids is 1. The number of aliphatic hydroxyl groups excluding tert-OH is 1. The predicted molar refractivity (Wildman–Crippen MR) is 73.5 cm³/mol. The van der Waals surface area contributed by atoms with E-state index in [2.05, 4.69) is 0 Å². The van der Waals surface area contributed by atoms with Gasteiger partial charge in [-0.25, -0.2) is 0 Å². The minimum atomic E-state index is -1.16. The molecule has 9 heteroatoms. The van der Waals surface area contributed by atoms with E-state index < -0.39 is 28.1 Å². The molecule has 23 heavy (non-hydrogen) atoms. The number of hydrogen-bond acceptors (Lipinski definition) is 7. The molecule has 1 aliphatic carbocycles. The van der Waals surface area contributed by atoms with Crippen LogP contribution < -0.4 is 0 Å². The number of hydrogen-bond donors (Lipinski definition) is 2. The number of nitrogens with zero attached hydrogens (tertiary/aromatic N) is 3. The van der Waals surface area contributed by atoms with Crippen LogP contribution in [0.2, 0.25) is 0 Å². The zero-order chi connectivity index (χ0) is 17.1. The summed E-state index contributed by atoms with van der Waals surface area (Å²) in [6.45, 7) is 0. The number of ketones is 1. The first kappa shape index (κ1) is 15.9. The highest BCUT2D eigenvalue weighted by Gasteiger charge is 2.29. The van der Waals surface area contributed by atoms with Crippen LogP contribution >= 0.6 is 0 Å². The average molecular weight is 317 g/mol. The van der Waals surface area contributed by atoms with E-state index in [0.717, 1.165) is 24.3 Å². The fraction of sp³-hybridized carbons (Fsp3) is 0. The molecule has 0 atom stereocenters. The molecule has 0 radical (unpaired) electrons. The molecule has 0 aromatic rings. The summed E-state index contributed by atoms with van der Waals surface area (Å²) in [5.41, 5.74) is -1.35. The largest absolute Gasteiger partial charge is 0.504 e. The molecule has 0 aromatic carbocycles. The summed E-state index contributed by atoms with van der Waals surface area (Å²) in [5, 5.41) is 39.0. The van der Waals surface area contributed by atoms with Crippen molar-refractivity contribution in [3.05, 3.63) is 80.8 Å². The van der Waals surface area contributed by atoms with Crippen LogP contribution in [-0.4, -0.2) is 26.1 Å². The van der Waals surface area contributed by atoms with Crippen molar-refractivity contribution < 1.29 is 24.4 Å². The van der Waals surface area contributed by atoms with Gasteiger partial charge < -0.3 is 5.11 Å². The van der Waals surface area contributed by atoms with Crippen molar-refractivity contribution in [2.45, 2.75) is 0 Å². The number of rotatable bonds is 2. The Bertz CT molecular complexity index is 824. The SMILES string of the molecule is N#CC(/C=C1\C=C(O)C(=O)C([N+](=O)[O-])=C1)=C1\C=CC=C(F)N1O. The van der Waals surface area contributed by atoms with Crippen molar-refractivity contribution in [2.75, 3.05) is 0 Å². The second-order valence-electron chi connectivity index (χ2n) is 4.36. The molecule has 0 aromatic heterocycles. The first-order valence-electron chi connectivity index (χ1n) is 6.05. The van der Waals surface area contributed by atoms with E-state index in [-0.39, 0.29) is 21.9 Å². The van der Waals surface area contributed by atoms with Gasteiger partial charge in [0, 0.05) is 6.08 Å². The second-order valence-corrected chi connectivity index (χ2v) is 4.36. The van der Waals surface area contributed by atoms with Gasteiger partial charge in [-0.15, -0.1) is 0 Å². The van der Waals surface area contributed by atoms with Crippen molar-refractivity contribution >= 4 is 5.78 Å². The second kappa shape index (κ2) is 6.08. The van der Waals surface area contributed by atoms with Gasteiger partial charge in [0.25, 0.3) is 5.78 Å². The molecule has 0 saturated carbocycles. The highest BCUT2D eigenvalue weighted by molar-refractivity contribution is 6.06. The van der Waals surface area contributed by atoms with Crippen molar-refractivity contribution in [2.24, 2.45) is 0 Å². The van der Waals surface area contributed by atoms with Gasteiger partial charge in [0.15, 0.2) is 5.76 Å². The van der Waals surface area contributed by atoms with Crippen molar-refractivity contribution in [3.63, 3.8) is 0 Å². The van der Waals surface area contributed by atoms with Crippen molar-refractivity contribution in [3.8, 4) is 6.07 Å². The summed E-state index contributed by atoms with van der Waals surface area (Å²) in [6, 6.07) is 1.70. The monoisotopic (exact) mass is 317 g/mol. The summed E-state index contributed by atoms with van der Waals surface area (Å²) in [4.78, 5) is 21.2. The molecule has 0 bridgehead atoms. The molecule has 0 saturated heterocycles. The lowest BCUT2D eigenvalue weighted by molar-refractivity contribution is -0.418. The summed E-state index contributed by atoms with van der Waals surface area (Å²) in [6.07, 6.45) is 6.31. The van der Waals surface area contributed by atoms with Crippen molar-refractivity contribution in [1.82, 2.24) is 5.06 Å². The van der Waals surface area contributed by atoms with E-state index in [0.29, 0.717) is 0 Å². The first-order valence-corrected chi connectivity index (χ1v) is 6.05. The molecule has 8 nitrogen and oxygen atoms in total. The number of nitriles is 1. The Morgan fingerprint density at radius 3 is 2.78 bits per heavy atom. The van der Waals surface area contributed by atoms with E-state index in [1.165, 1.54) is 12.2 Å². The highest BCUT2D eigenvalue weighted by Crippen LogP contribution is 2.24. The van der Waals surface area contributed by atoms with Crippen LogP contribution in [0, 0.1) is 21.4 Å². The molecular formula is C14H8FN3O5. The highest BCUT2D eigenvalue weighted by atomic mass is 19.1. The molecule has 2 aliphatic rings. The van der Waals surface area contributed by atoms with Crippen molar-refractivity contribution in [1.29, 1.82) is 5.26 Å². The van der Waals surface area contributed by atoms with E-state index in [1.807, 2.05) is 0 Å². The molecule has 1 heterocycles. The molecule has 2 N–H and O–H groups in total. The average Bonchev–Trinajstić information content (AvgIpc) is 2.51. The van der Waals surface area contributed by atoms with Gasteiger partial charge in [0.05, 0.1) is 16.2 Å². The number of carbonyl (C=O) groups is 1. The summed E-state index contributed by atoms with van der Waals surface area (Å²) >= 11 is 0. The van der Waals surface area contributed by atoms with Crippen LogP contribution in [0.5, 0.6) is 0 Å². The van der Waals surface area contributed by atoms with Crippen LogP contribution in [0.25, 0.3) is 0 Å². The molecule has 1 aliphatic heterocycles. The van der Waals surface area contributed by atoms with E-state index >= 15 is 0 Å². The summed E-state index contributed by atoms with van der Waals surface area (Å²) < 4.78 is 13.3. The minimum absolute atomic E-state index is 0.0328. The number of allylic oxidation sites excluding steroid dienone is 8. The van der Waals surface area contributed by atoms with Gasteiger partial charge in [-0.1, -0.05) is 6.08 Å². The number of halogens is 1. The zero-order valence-corrected chi connectivity index (χ0v) is 11.3. The molecule has 116 valence electrons. The number of nitro groups is 1. The lowest BCUT2D eigenvalue weighted by Crippen LogP contribution is -2.18. The molecule has 0 amide bonds. The third kappa shape index (κ3) is 3.07. The quantitative estimate of drug-likeness (QED) is 0.345. The van der Waals surface area contributed by atoms with Gasteiger partial charge in [-0.2, -0.15) is 14.7 Å². The Hall–Kier alpha value is -3.51. The summed E-state index contributed by atoms with van der Waals surface area (Å²) in [5.74, 6) is -3.04. The third-order valence-electron chi connectivity index (χ3n) is 2.89. The van der Waals surface area contributed by atoms with Gasteiger partial charge in [-0.05, 0) is 29.9 Å². The molecule has 2 rings (SSSR count). The Labute approximate surface area is 128 Å². The van der Waals surface area contributed by atoms with Gasteiger partial charge in [-0.3, -0.25) is 20.1 Å². The molecule has 0 spiro atoms. The maximum absolute atomic E-state index is 13.3. The fourth-order valence-electron chi connectivity index (χ4n) is 1.85. The van der Waals surface area contributed by atoms with Crippen LogP contribution in [0.1, 0.15) is 0 Å².